The average Bonchev–Trinajstić information content (AvgIpc) is 2.88. The first-order valence-electron chi connectivity index (χ1n) is 12.0. The first-order chi connectivity index (χ1) is 16.0. The molecule has 0 radical (unpaired) electrons. The summed E-state index contributed by atoms with van der Waals surface area (Å²) in [5.41, 5.74) is 2.40. The predicted octanol–water partition coefficient (Wildman–Crippen LogP) is 3.73. The molecule has 4 rings (SSSR count). The minimum atomic E-state index is -3.48. The highest BCUT2D eigenvalue weighted by Gasteiger charge is 2.26. The van der Waals surface area contributed by atoms with Gasteiger partial charge in [0.2, 0.25) is 15.9 Å². The number of rotatable bonds is 8. The van der Waals surface area contributed by atoms with Gasteiger partial charge < -0.3 is 10.1 Å². The van der Waals surface area contributed by atoms with Gasteiger partial charge in [0.25, 0.3) is 0 Å². The molecule has 7 heteroatoms. The van der Waals surface area contributed by atoms with Crippen LogP contribution in [0.5, 0.6) is 0 Å². The number of carbonyl (C=O) groups excluding carboxylic acids is 1. The van der Waals surface area contributed by atoms with Crippen LogP contribution in [0.1, 0.15) is 49.1 Å². The van der Waals surface area contributed by atoms with Crippen molar-refractivity contribution in [2.24, 2.45) is 5.92 Å². The molecule has 1 aliphatic carbocycles. The molecule has 33 heavy (non-hydrogen) atoms. The molecule has 1 heterocycles. The Morgan fingerprint density at radius 1 is 0.939 bits per heavy atom. The van der Waals surface area contributed by atoms with E-state index in [1.165, 1.54) is 22.7 Å². The lowest BCUT2D eigenvalue weighted by Gasteiger charge is -2.29. The van der Waals surface area contributed by atoms with Crippen LogP contribution in [0.15, 0.2) is 59.5 Å². The van der Waals surface area contributed by atoms with Crippen molar-refractivity contribution in [2.45, 2.75) is 49.3 Å². The standard InChI is InChI=1S/C26H34N2O4S/c29-26(27-20-22-6-11-24(12-7-22)23-4-2-1-3-5-23)15-10-21-8-13-25(14-9-21)33(30,31)28-16-18-32-19-17-28/h1-5,8-9,13-14,22,24H,6-7,10-12,15-20H2,(H,27,29). The van der Waals surface area contributed by atoms with Gasteiger partial charge >= 0.3 is 0 Å². The van der Waals surface area contributed by atoms with Crippen LogP contribution < -0.4 is 5.32 Å². The molecule has 1 amide bonds. The van der Waals surface area contributed by atoms with E-state index in [9.17, 15) is 13.2 Å². The van der Waals surface area contributed by atoms with Gasteiger partial charge in [-0.3, -0.25) is 4.79 Å². The number of morpholine rings is 1. The van der Waals surface area contributed by atoms with Crippen molar-refractivity contribution in [3.63, 3.8) is 0 Å². The van der Waals surface area contributed by atoms with Crippen molar-refractivity contribution in [1.82, 2.24) is 9.62 Å². The van der Waals surface area contributed by atoms with Crippen LogP contribution in [0, 0.1) is 5.92 Å². The van der Waals surface area contributed by atoms with Gasteiger partial charge in [0.05, 0.1) is 18.1 Å². The lowest BCUT2D eigenvalue weighted by Crippen LogP contribution is -2.40. The first-order valence-corrected chi connectivity index (χ1v) is 13.4. The minimum absolute atomic E-state index is 0.0604. The Hall–Kier alpha value is -2.22. The van der Waals surface area contributed by atoms with Gasteiger partial charge in [0, 0.05) is 26.1 Å². The summed E-state index contributed by atoms with van der Waals surface area (Å²) < 4.78 is 32.1. The molecular formula is C26H34N2O4S. The molecule has 0 atom stereocenters. The summed E-state index contributed by atoms with van der Waals surface area (Å²) >= 11 is 0. The molecule has 1 saturated heterocycles. The molecule has 0 bridgehead atoms. The number of nitrogens with zero attached hydrogens (tertiary/aromatic N) is 1. The summed E-state index contributed by atoms with van der Waals surface area (Å²) in [6.07, 6.45) is 5.69. The number of hydrogen-bond donors (Lipinski definition) is 1. The summed E-state index contributed by atoms with van der Waals surface area (Å²) in [5, 5.41) is 3.10. The molecule has 1 aliphatic heterocycles. The number of hydrogen-bond acceptors (Lipinski definition) is 4. The molecule has 0 spiro atoms. The molecule has 178 valence electrons. The van der Waals surface area contributed by atoms with Crippen molar-refractivity contribution in [2.75, 3.05) is 32.8 Å². The summed E-state index contributed by atoms with van der Waals surface area (Å²) in [4.78, 5) is 12.6. The largest absolute Gasteiger partial charge is 0.379 e. The average molecular weight is 471 g/mol. The SMILES string of the molecule is O=C(CCc1ccc(S(=O)(=O)N2CCOCC2)cc1)NCC1CCC(c2ccccc2)CC1. The Bertz CT molecular complexity index is 994. The van der Waals surface area contributed by atoms with Crippen LogP contribution >= 0.6 is 0 Å². The van der Waals surface area contributed by atoms with Crippen LogP contribution in [-0.4, -0.2) is 51.5 Å². The van der Waals surface area contributed by atoms with Gasteiger partial charge in [-0.1, -0.05) is 42.5 Å². The Kier molecular flexibility index (Phi) is 8.17. The first kappa shape index (κ1) is 23.9. The normalized spacial score (nSPS) is 22.1. The molecule has 2 fully saturated rings. The van der Waals surface area contributed by atoms with Crippen molar-refractivity contribution in [1.29, 1.82) is 0 Å². The lowest BCUT2D eigenvalue weighted by molar-refractivity contribution is -0.121. The maximum Gasteiger partial charge on any atom is 0.243 e. The number of aryl methyl sites for hydroxylation is 1. The van der Waals surface area contributed by atoms with E-state index in [2.05, 4.69) is 35.6 Å². The van der Waals surface area contributed by atoms with Crippen LogP contribution in [-0.2, 0) is 26.0 Å². The zero-order valence-corrected chi connectivity index (χ0v) is 19.9. The maximum atomic E-state index is 12.7. The summed E-state index contributed by atoms with van der Waals surface area (Å²) in [7, 11) is -3.48. The van der Waals surface area contributed by atoms with Crippen molar-refractivity contribution in [3.8, 4) is 0 Å². The fourth-order valence-corrected chi connectivity index (χ4v) is 6.20. The highest BCUT2D eigenvalue weighted by Crippen LogP contribution is 2.35. The van der Waals surface area contributed by atoms with E-state index in [0.29, 0.717) is 55.9 Å². The van der Waals surface area contributed by atoms with E-state index < -0.39 is 10.0 Å². The molecule has 6 nitrogen and oxygen atoms in total. The van der Waals surface area contributed by atoms with Crippen molar-refractivity contribution < 1.29 is 17.9 Å². The number of ether oxygens (including phenoxy) is 1. The number of sulfonamides is 1. The molecule has 0 aromatic heterocycles. The molecule has 2 aliphatic rings. The van der Waals surface area contributed by atoms with Gasteiger partial charge in [-0.2, -0.15) is 4.31 Å². The molecule has 1 N–H and O–H groups in total. The molecule has 0 unspecified atom stereocenters. The fraction of sp³-hybridized carbons (Fsp3) is 0.500. The molecule has 1 saturated carbocycles. The van der Waals surface area contributed by atoms with Gasteiger partial charge in [-0.25, -0.2) is 8.42 Å². The number of nitrogens with one attached hydrogen (secondary N) is 1. The van der Waals surface area contributed by atoms with E-state index in [1.54, 1.807) is 12.1 Å². The number of benzene rings is 2. The second kappa shape index (κ2) is 11.3. The van der Waals surface area contributed by atoms with Gasteiger partial charge in [0.15, 0.2) is 0 Å². The highest BCUT2D eigenvalue weighted by molar-refractivity contribution is 7.89. The van der Waals surface area contributed by atoms with Gasteiger partial charge in [-0.15, -0.1) is 0 Å². The van der Waals surface area contributed by atoms with Gasteiger partial charge in [-0.05, 0) is 67.2 Å². The van der Waals surface area contributed by atoms with Crippen LogP contribution in [0.2, 0.25) is 0 Å². The third-order valence-electron chi connectivity index (χ3n) is 6.88. The Labute approximate surface area is 197 Å². The van der Waals surface area contributed by atoms with Crippen molar-refractivity contribution in [3.05, 3.63) is 65.7 Å². The van der Waals surface area contributed by atoms with E-state index >= 15 is 0 Å². The third-order valence-corrected chi connectivity index (χ3v) is 8.79. The Morgan fingerprint density at radius 2 is 1.61 bits per heavy atom. The second-order valence-electron chi connectivity index (χ2n) is 9.09. The fourth-order valence-electron chi connectivity index (χ4n) is 4.79. The Balaban J connectivity index is 1.18. The van der Waals surface area contributed by atoms with E-state index in [4.69, 9.17) is 4.74 Å². The molecular weight excluding hydrogens is 436 g/mol. The van der Waals surface area contributed by atoms with E-state index in [-0.39, 0.29) is 5.91 Å². The number of carbonyl (C=O) groups is 1. The zero-order chi connectivity index (χ0) is 23.1. The Morgan fingerprint density at radius 3 is 2.27 bits per heavy atom. The maximum absolute atomic E-state index is 12.7. The third kappa shape index (κ3) is 6.43. The predicted molar refractivity (Wildman–Crippen MR) is 128 cm³/mol. The summed E-state index contributed by atoms with van der Waals surface area (Å²) in [6.45, 7) is 2.38. The summed E-state index contributed by atoms with van der Waals surface area (Å²) in [6, 6.07) is 17.6. The van der Waals surface area contributed by atoms with E-state index in [0.717, 1.165) is 24.9 Å². The van der Waals surface area contributed by atoms with E-state index in [1.807, 2.05) is 12.1 Å². The van der Waals surface area contributed by atoms with Crippen LogP contribution in [0.25, 0.3) is 0 Å². The summed E-state index contributed by atoms with van der Waals surface area (Å²) in [5.74, 6) is 1.26. The number of amides is 1. The lowest BCUT2D eigenvalue weighted by atomic mass is 9.79. The molecule has 2 aromatic rings. The van der Waals surface area contributed by atoms with Crippen LogP contribution in [0.3, 0.4) is 0 Å². The smallest absolute Gasteiger partial charge is 0.243 e. The topological polar surface area (TPSA) is 75.7 Å². The minimum Gasteiger partial charge on any atom is -0.379 e. The van der Waals surface area contributed by atoms with Gasteiger partial charge in [0.1, 0.15) is 0 Å². The molecule has 2 aromatic carbocycles. The monoisotopic (exact) mass is 470 g/mol. The highest BCUT2D eigenvalue weighted by atomic mass is 32.2. The van der Waals surface area contributed by atoms with Crippen molar-refractivity contribution >= 4 is 15.9 Å². The second-order valence-corrected chi connectivity index (χ2v) is 11.0. The van der Waals surface area contributed by atoms with Crippen LogP contribution in [0.4, 0.5) is 0 Å². The quantitative estimate of drug-likeness (QED) is 0.638. The zero-order valence-electron chi connectivity index (χ0n) is 19.1.